The molecule has 0 aromatic heterocycles. The summed E-state index contributed by atoms with van der Waals surface area (Å²) < 4.78 is 12.2. The van der Waals surface area contributed by atoms with Crippen molar-refractivity contribution >= 4 is 32.6 Å². The van der Waals surface area contributed by atoms with Gasteiger partial charge < -0.3 is 8.23 Å². The van der Waals surface area contributed by atoms with E-state index in [9.17, 15) is 0 Å². The first kappa shape index (κ1) is 14.9. The van der Waals surface area contributed by atoms with Crippen LogP contribution in [0.5, 0.6) is 0 Å². The van der Waals surface area contributed by atoms with Gasteiger partial charge in [-0.3, -0.25) is 0 Å². The van der Waals surface area contributed by atoms with Crippen LogP contribution >= 0.6 is 0 Å². The van der Waals surface area contributed by atoms with Crippen molar-refractivity contribution in [3.05, 3.63) is 29.8 Å². The minimum Gasteiger partial charge on any atom is -0.440 e. The second-order valence-electron chi connectivity index (χ2n) is 4.98. The third-order valence-electron chi connectivity index (χ3n) is 2.59. The van der Waals surface area contributed by atoms with Crippen molar-refractivity contribution in [2.75, 3.05) is 0 Å². The highest BCUT2D eigenvalue weighted by Gasteiger charge is 2.25. The Hall–Kier alpha value is -0.209. The van der Waals surface area contributed by atoms with E-state index in [1.807, 2.05) is 0 Å². The summed E-state index contributed by atoms with van der Waals surface area (Å²) in [5, 5.41) is 1.43. The van der Waals surface area contributed by atoms with Crippen LogP contribution in [-0.4, -0.2) is 27.4 Å². The number of hydrogen-bond donors (Lipinski definition) is 0. The summed E-state index contributed by atoms with van der Waals surface area (Å²) in [4.78, 5) is 0. The van der Waals surface area contributed by atoms with Gasteiger partial charge in [-0.05, 0) is 43.4 Å². The Morgan fingerprint density at radius 3 is 2.47 bits per heavy atom. The van der Waals surface area contributed by atoms with Crippen molar-refractivity contribution in [3.63, 3.8) is 0 Å². The van der Waals surface area contributed by atoms with Crippen LogP contribution in [0.4, 0.5) is 0 Å². The van der Waals surface area contributed by atoms with Crippen molar-refractivity contribution in [2.45, 2.75) is 39.5 Å². The molecule has 1 aromatic rings. The molecule has 0 aliphatic heterocycles. The summed E-state index contributed by atoms with van der Waals surface area (Å²) in [7, 11) is -3.48. The maximum absolute atomic E-state index is 6.16. The molecule has 96 valence electrons. The smallest absolute Gasteiger partial charge is 0.310 e. The molecule has 0 saturated heterocycles. The number of aryl methyl sites for hydroxylation is 1. The van der Waals surface area contributed by atoms with E-state index in [1.54, 1.807) is 0 Å². The van der Waals surface area contributed by atoms with Crippen LogP contribution in [0.15, 0.2) is 24.3 Å². The third kappa shape index (κ3) is 5.31. The highest BCUT2D eigenvalue weighted by molar-refractivity contribution is 6.77. The molecule has 0 fully saturated rings. The summed E-state index contributed by atoms with van der Waals surface area (Å²) in [5.74, 6) is 0. The molecule has 1 aromatic carbocycles. The Morgan fingerprint density at radius 2 is 1.88 bits per heavy atom. The quantitative estimate of drug-likeness (QED) is 0.740. The molecule has 0 aliphatic carbocycles. The standard InChI is InChI=1S/C12H24O2Si3/c1-6-11-9-7-8-10-12(11)15-13-17(4,5)14-16(2)3/h7-10,16H,6,15H2,1-5H3. The average molecular weight is 285 g/mol. The van der Waals surface area contributed by atoms with E-state index in [2.05, 4.69) is 57.4 Å². The molecule has 0 heterocycles. The predicted octanol–water partition coefficient (Wildman–Crippen LogP) is 1.68. The molecule has 0 saturated carbocycles. The lowest BCUT2D eigenvalue weighted by molar-refractivity contribution is 0.425. The van der Waals surface area contributed by atoms with Gasteiger partial charge in [0.2, 0.25) is 0 Å². The first-order chi connectivity index (χ1) is 7.94. The molecule has 0 amide bonds. The Bertz CT molecular complexity index is 353. The minimum absolute atomic E-state index is 0.640. The topological polar surface area (TPSA) is 18.5 Å². The van der Waals surface area contributed by atoms with Crippen molar-refractivity contribution in [3.8, 4) is 0 Å². The maximum atomic E-state index is 6.16. The predicted molar refractivity (Wildman–Crippen MR) is 82.5 cm³/mol. The van der Waals surface area contributed by atoms with Gasteiger partial charge in [0.05, 0.1) is 0 Å². The first-order valence-corrected chi connectivity index (χ1v) is 13.2. The van der Waals surface area contributed by atoms with Crippen LogP contribution in [0.25, 0.3) is 0 Å². The van der Waals surface area contributed by atoms with Crippen LogP contribution in [0.3, 0.4) is 0 Å². The monoisotopic (exact) mass is 284 g/mol. The lowest BCUT2D eigenvalue weighted by Crippen LogP contribution is -2.42. The van der Waals surface area contributed by atoms with Crippen molar-refractivity contribution < 1.29 is 8.23 Å². The summed E-state index contributed by atoms with van der Waals surface area (Å²) in [5.41, 5.74) is 1.44. The maximum Gasteiger partial charge on any atom is 0.310 e. The molecule has 0 N–H and O–H groups in total. The fraction of sp³-hybridized carbons (Fsp3) is 0.500. The van der Waals surface area contributed by atoms with E-state index in [-0.39, 0.29) is 0 Å². The van der Waals surface area contributed by atoms with E-state index in [4.69, 9.17) is 8.23 Å². The molecule has 0 atom stereocenters. The number of hydrogen-bond acceptors (Lipinski definition) is 2. The molecule has 17 heavy (non-hydrogen) atoms. The molecule has 2 nitrogen and oxygen atoms in total. The Labute approximate surface area is 110 Å². The highest BCUT2D eigenvalue weighted by atomic mass is 28.4. The largest absolute Gasteiger partial charge is 0.440 e. The fourth-order valence-corrected chi connectivity index (χ4v) is 10.1. The second-order valence-corrected chi connectivity index (χ2v) is 13.0. The van der Waals surface area contributed by atoms with Crippen molar-refractivity contribution in [1.82, 2.24) is 0 Å². The van der Waals surface area contributed by atoms with Gasteiger partial charge in [0, 0.05) is 0 Å². The van der Waals surface area contributed by atoms with Crippen LogP contribution in [-0.2, 0) is 14.7 Å². The summed E-state index contributed by atoms with van der Waals surface area (Å²) in [6, 6.07) is 8.63. The lowest BCUT2D eigenvalue weighted by Gasteiger charge is -2.26. The molecule has 5 heteroatoms. The Balaban J connectivity index is 2.60. The zero-order chi connectivity index (χ0) is 12.9. The molecule has 0 spiro atoms. The normalized spacial score (nSPS) is 12.8. The van der Waals surface area contributed by atoms with E-state index < -0.39 is 27.4 Å². The zero-order valence-electron chi connectivity index (χ0n) is 11.6. The fourth-order valence-electron chi connectivity index (χ4n) is 1.90. The molecular formula is C12H24O2Si3. The van der Waals surface area contributed by atoms with Gasteiger partial charge >= 0.3 is 8.56 Å². The van der Waals surface area contributed by atoms with Gasteiger partial charge in [0.15, 0.2) is 18.8 Å². The van der Waals surface area contributed by atoms with Gasteiger partial charge in [-0.15, -0.1) is 0 Å². The van der Waals surface area contributed by atoms with Gasteiger partial charge in [0.25, 0.3) is 0 Å². The Kier molecular flexibility index (Phi) is 5.81. The highest BCUT2D eigenvalue weighted by Crippen LogP contribution is 2.08. The van der Waals surface area contributed by atoms with Crippen LogP contribution in [0.2, 0.25) is 26.2 Å². The molecule has 0 radical (unpaired) electrons. The van der Waals surface area contributed by atoms with Gasteiger partial charge in [-0.1, -0.05) is 31.2 Å². The van der Waals surface area contributed by atoms with Crippen molar-refractivity contribution in [2.24, 2.45) is 0 Å². The van der Waals surface area contributed by atoms with Crippen LogP contribution < -0.4 is 5.19 Å². The van der Waals surface area contributed by atoms with E-state index in [0.29, 0.717) is 0 Å². The van der Waals surface area contributed by atoms with Gasteiger partial charge in [-0.2, -0.15) is 0 Å². The first-order valence-electron chi connectivity index (χ1n) is 6.33. The zero-order valence-corrected chi connectivity index (χ0v) is 15.2. The SMILES string of the molecule is CCc1ccccc1[SiH2]O[Si](C)(C)O[SiH](C)C. The summed E-state index contributed by atoms with van der Waals surface area (Å²) in [6.45, 7) is 11.0. The molecule has 0 bridgehead atoms. The molecule has 0 aliphatic rings. The second kappa shape index (κ2) is 6.65. The Morgan fingerprint density at radius 1 is 1.24 bits per heavy atom. The number of rotatable bonds is 6. The minimum atomic E-state index is -1.86. The third-order valence-corrected chi connectivity index (χ3v) is 11.1. The molecule has 1 rings (SSSR count). The molecular weight excluding hydrogens is 260 g/mol. The van der Waals surface area contributed by atoms with Crippen LogP contribution in [0, 0.1) is 0 Å². The van der Waals surface area contributed by atoms with Crippen molar-refractivity contribution in [1.29, 1.82) is 0 Å². The summed E-state index contributed by atoms with van der Waals surface area (Å²) >= 11 is 0. The van der Waals surface area contributed by atoms with Gasteiger partial charge in [0.1, 0.15) is 0 Å². The lowest BCUT2D eigenvalue weighted by atomic mass is 10.2. The van der Waals surface area contributed by atoms with E-state index in [1.165, 1.54) is 10.8 Å². The van der Waals surface area contributed by atoms with Crippen LogP contribution in [0.1, 0.15) is 12.5 Å². The average Bonchev–Trinajstić information content (AvgIpc) is 2.25. The van der Waals surface area contributed by atoms with E-state index in [0.717, 1.165) is 6.42 Å². The molecule has 0 unspecified atom stereocenters. The number of benzene rings is 1. The van der Waals surface area contributed by atoms with Gasteiger partial charge in [-0.25, -0.2) is 0 Å². The summed E-state index contributed by atoms with van der Waals surface area (Å²) in [6.07, 6.45) is 1.09. The van der Waals surface area contributed by atoms with E-state index >= 15 is 0 Å².